The molecule has 1 aromatic heterocycles. The van der Waals surface area contributed by atoms with Gasteiger partial charge in [0.15, 0.2) is 0 Å². The second-order valence-electron chi connectivity index (χ2n) is 4.12. The van der Waals surface area contributed by atoms with Crippen LogP contribution in [-0.4, -0.2) is 15.1 Å². The molecule has 0 amide bonds. The molecule has 0 saturated heterocycles. The van der Waals surface area contributed by atoms with Gasteiger partial charge >= 0.3 is 0 Å². The summed E-state index contributed by atoms with van der Waals surface area (Å²) < 4.78 is 5.67. The van der Waals surface area contributed by atoms with Gasteiger partial charge in [0.05, 0.1) is 12.3 Å². The van der Waals surface area contributed by atoms with Crippen LogP contribution in [0.3, 0.4) is 0 Å². The topological polar surface area (TPSA) is 55.2 Å². The van der Waals surface area contributed by atoms with Crippen LogP contribution >= 0.6 is 0 Å². The third-order valence-electron chi connectivity index (χ3n) is 2.80. The van der Waals surface area contributed by atoms with Gasteiger partial charge in [-0.15, -0.1) is 0 Å². The van der Waals surface area contributed by atoms with Crippen molar-refractivity contribution in [3.8, 4) is 11.6 Å². The Labute approximate surface area is 110 Å². The highest BCUT2D eigenvalue weighted by atomic mass is 16.5. The lowest BCUT2D eigenvalue weighted by Crippen LogP contribution is -1.93. The van der Waals surface area contributed by atoms with Gasteiger partial charge in [-0.3, -0.25) is 0 Å². The molecular weight excluding hydrogens is 240 g/mol. The van der Waals surface area contributed by atoms with Crippen molar-refractivity contribution in [3.05, 3.63) is 60.6 Å². The predicted molar refractivity (Wildman–Crippen MR) is 72.0 cm³/mol. The number of aliphatic hydroxyl groups excluding tert-OH is 1. The SMILES string of the molecule is OCc1cc(Oc2ccc3ccccc3c2)ncn1. The van der Waals surface area contributed by atoms with E-state index in [2.05, 4.69) is 9.97 Å². The van der Waals surface area contributed by atoms with Crippen LogP contribution in [-0.2, 0) is 6.61 Å². The third-order valence-corrected chi connectivity index (χ3v) is 2.80. The number of fused-ring (bicyclic) bond motifs is 1. The van der Waals surface area contributed by atoms with E-state index in [4.69, 9.17) is 9.84 Å². The first-order chi connectivity index (χ1) is 9.35. The van der Waals surface area contributed by atoms with E-state index in [1.165, 1.54) is 6.33 Å². The highest BCUT2D eigenvalue weighted by Gasteiger charge is 2.02. The summed E-state index contributed by atoms with van der Waals surface area (Å²) in [5, 5.41) is 11.3. The van der Waals surface area contributed by atoms with Crippen molar-refractivity contribution < 1.29 is 9.84 Å². The molecule has 4 nitrogen and oxygen atoms in total. The van der Waals surface area contributed by atoms with E-state index in [9.17, 15) is 0 Å². The molecule has 0 saturated carbocycles. The maximum Gasteiger partial charge on any atom is 0.222 e. The first kappa shape index (κ1) is 11.6. The zero-order valence-corrected chi connectivity index (χ0v) is 10.2. The molecule has 0 fully saturated rings. The lowest BCUT2D eigenvalue weighted by atomic mass is 10.1. The first-order valence-corrected chi connectivity index (χ1v) is 5.93. The van der Waals surface area contributed by atoms with Gasteiger partial charge in [-0.25, -0.2) is 9.97 Å². The molecule has 3 aromatic rings. The molecular formula is C15H12N2O2. The Hall–Kier alpha value is -2.46. The van der Waals surface area contributed by atoms with Crippen molar-refractivity contribution >= 4 is 10.8 Å². The molecule has 0 aliphatic carbocycles. The lowest BCUT2D eigenvalue weighted by Gasteiger charge is -2.06. The smallest absolute Gasteiger partial charge is 0.222 e. The number of aliphatic hydroxyl groups is 1. The fourth-order valence-corrected chi connectivity index (χ4v) is 1.87. The Morgan fingerprint density at radius 1 is 0.947 bits per heavy atom. The van der Waals surface area contributed by atoms with Gasteiger partial charge in [0, 0.05) is 6.07 Å². The number of benzene rings is 2. The minimum Gasteiger partial charge on any atom is -0.439 e. The highest BCUT2D eigenvalue weighted by Crippen LogP contribution is 2.24. The molecule has 1 heterocycles. The summed E-state index contributed by atoms with van der Waals surface area (Å²) in [6.07, 6.45) is 1.38. The maximum absolute atomic E-state index is 9.02. The average molecular weight is 252 g/mol. The molecule has 1 N–H and O–H groups in total. The summed E-state index contributed by atoms with van der Waals surface area (Å²) in [5.41, 5.74) is 0.533. The summed E-state index contributed by atoms with van der Waals surface area (Å²) in [5.74, 6) is 1.13. The van der Waals surface area contributed by atoms with E-state index in [0.717, 1.165) is 10.8 Å². The monoisotopic (exact) mass is 252 g/mol. The van der Waals surface area contributed by atoms with Gasteiger partial charge in [0.1, 0.15) is 12.1 Å². The van der Waals surface area contributed by atoms with E-state index < -0.39 is 0 Å². The van der Waals surface area contributed by atoms with Crippen LogP contribution < -0.4 is 4.74 Å². The van der Waals surface area contributed by atoms with Gasteiger partial charge in [0.2, 0.25) is 5.88 Å². The normalized spacial score (nSPS) is 10.6. The fraction of sp³-hybridized carbons (Fsp3) is 0.0667. The summed E-state index contributed by atoms with van der Waals surface area (Å²) in [7, 11) is 0. The van der Waals surface area contributed by atoms with Crippen molar-refractivity contribution in [1.29, 1.82) is 0 Å². The van der Waals surface area contributed by atoms with E-state index in [1.807, 2.05) is 42.5 Å². The predicted octanol–water partition coefficient (Wildman–Crippen LogP) is 2.91. The zero-order valence-electron chi connectivity index (χ0n) is 10.2. The molecule has 0 unspecified atom stereocenters. The van der Waals surface area contributed by atoms with Crippen LogP contribution in [0, 0.1) is 0 Å². The van der Waals surface area contributed by atoms with Crippen LogP contribution in [0.15, 0.2) is 54.9 Å². The third kappa shape index (κ3) is 2.53. The molecule has 0 radical (unpaired) electrons. The zero-order chi connectivity index (χ0) is 13.1. The van der Waals surface area contributed by atoms with Crippen LogP contribution in [0.2, 0.25) is 0 Å². The van der Waals surface area contributed by atoms with Gasteiger partial charge in [0.25, 0.3) is 0 Å². The number of hydrogen-bond acceptors (Lipinski definition) is 4. The molecule has 2 aromatic carbocycles. The summed E-state index contributed by atoms with van der Waals surface area (Å²) in [6.45, 7) is -0.128. The molecule has 0 spiro atoms. The van der Waals surface area contributed by atoms with Crippen molar-refractivity contribution in [1.82, 2.24) is 9.97 Å². The van der Waals surface area contributed by atoms with Crippen molar-refractivity contribution in [2.45, 2.75) is 6.61 Å². The van der Waals surface area contributed by atoms with Crippen molar-refractivity contribution in [2.75, 3.05) is 0 Å². The minimum atomic E-state index is -0.128. The Bertz CT molecular complexity index is 713. The molecule has 0 aliphatic rings. The fourth-order valence-electron chi connectivity index (χ4n) is 1.87. The standard InChI is InChI=1S/C15H12N2O2/c18-9-13-8-15(17-10-16-13)19-14-6-5-11-3-1-2-4-12(11)7-14/h1-8,10,18H,9H2. The Morgan fingerprint density at radius 3 is 2.63 bits per heavy atom. The van der Waals surface area contributed by atoms with E-state index in [1.54, 1.807) is 6.07 Å². The number of rotatable bonds is 3. The molecule has 4 heteroatoms. The average Bonchev–Trinajstić information content (AvgIpc) is 2.47. The number of ether oxygens (including phenoxy) is 1. The van der Waals surface area contributed by atoms with Crippen LogP contribution in [0.25, 0.3) is 10.8 Å². The van der Waals surface area contributed by atoms with E-state index in [-0.39, 0.29) is 6.61 Å². The Balaban J connectivity index is 1.92. The van der Waals surface area contributed by atoms with E-state index >= 15 is 0 Å². The quantitative estimate of drug-likeness (QED) is 0.778. The van der Waals surface area contributed by atoms with Crippen LogP contribution in [0.1, 0.15) is 5.69 Å². The Morgan fingerprint density at radius 2 is 1.79 bits per heavy atom. The van der Waals surface area contributed by atoms with Gasteiger partial charge in [-0.1, -0.05) is 30.3 Å². The summed E-state index contributed by atoms with van der Waals surface area (Å²) in [4.78, 5) is 7.93. The number of hydrogen-bond donors (Lipinski definition) is 1. The summed E-state index contributed by atoms with van der Waals surface area (Å²) >= 11 is 0. The number of aromatic nitrogens is 2. The maximum atomic E-state index is 9.02. The first-order valence-electron chi connectivity index (χ1n) is 5.93. The molecule has 0 bridgehead atoms. The molecule has 0 aliphatic heterocycles. The van der Waals surface area contributed by atoms with Crippen LogP contribution in [0.5, 0.6) is 11.6 Å². The van der Waals surface area contributed by atoms with Gasteiger partial charge in [-0.05, 0) is 22.9 Å². The number of nitrogens with zero attached hydrogens (tertiary/aromatic N) is 2. The van der Waals surface area contributed by atoms with Crippen LogP contribution in [0.4, 0.5) is 0 Å². The second-order valence-corrected chi connectivity index (χ2v) is 4.12. The minimum absolute atomic E-state index is 0.128. The van der Waals surface area contributed by atoms with Gasteiger partial charge in [-0.2, -0.15) is 0 Å². The van der Waals surface area contributed by atoms with Crippen molar-refractivity contribution in [2.24, 2.45) is 0 Å². The molecule has 3 rings (SSSR count). The highest BCUT2D eigenvalue weighted by molar-refractivity contribution is 5.83. The lowest BCUT2D eigenvalue weighted by molar-refractivity contribution is 0.275. The molecule has 0 atom stereocenters. The second kappa shape index (κ2) is 5.04. The largest absolute Gasteiger partial charge is 0.439 e. The molecule has 94 valence electrons. The van der Waals surface area contributed by atoms with Crippen molar-refractivity contribution in [3.63, 3.8) is 0 Å². The summed E-state index contributed by atoms with van der Waals surface area (Å²) in [6, 6.07) is 15.5. The van der Waals surface area contributed by atoms with Gasteiger partial charge < -0.3 is 9.84 Å². The Kier molecular flexibility index (Phi) is 3.08. The van der Waals surface area contributed by atoms with E-state index in [0.29, 0.717) is 17.3 Å². The molecule has 19 heavy (non-hydrogen) atoms.